The number of carbonyl (C=O) groups excluding carboxylic acids is 1. The molecule has 0 rings (SSSR count). The average molecular weight is 351 g/mol. The van der Waals surface area contributed by atoms with Gasteiger partial charge in [0, 0.05) is 13.2 Å². The molecule has 0 aromatic heterocycles. The largest absolute Gasteiger partial charge is 0.382 e. The third-order valence-electron chi connectivity index (χ3n) is 2.60. The minimum Gasteiger partial charge on any atom is -0.382 e. The second-order valence-corrected chi connectivity index (χ2v) is 5.22. The van der Waals surface area contributed by atoms with Crippen LogP contribution >= 0.6 is 0 Å². The summed E-state index contributed by atoms with van der Waals surface area (Å²) in [5, 5.41) is 2.75. The summed E-state index contributed by atoms with van der Waals surface area (Å²) in [6, 6.07) is 0.127. The molecule has 0 aliphatic rings. The van der Waals surface area contributed by atoms with Gasteiger partial charge in [-0.25, -0.2) is 0 Å². The van der Waals surface area contributed by atoms with Crippen molar-refractivity contribution in [3.63, 3.8) is 0 Å². The van der Waals surface area contributed by atoms with E-state index in [2.05, 4.69) is 5.32 Å². The van der Waals surface area contributed by atoms with E-state index in [-0.39, 0.29) is 18.6 Å². The first-order valence-corrected chi connectivity index (χ1v) is 8.33. The summed E-state index contributed by atoms with van der Waals surface area (Å²) in [6.07, 6.45) is 0. The van der Waals surface area contributed by atoms with Crippen molar-refractivity contribution in [2.45, 2.75) is 19.9 Å². The Hall–Kier alpha value is -0.770. The van der Waals surface area contributed by atoms with Crippen LogP contribution in [-0.4, -0.2) is 91.7 Å². The van der Waals surface area contributed by atoms with Crippen molar-refractivity contribution in [1.29, 1.82) is 0 Å². The Morgan fingerprint density at radius 3 is 1.46 bits per heavy atom. The number of hydrogen-bond acceptors (Lipinski definition) is 7. The van der Waals surface area contributed by atoms with Crippen LogP contribution in [0.25, 0.3) is 0 Å². The summed E-state index contributed by atoms with van der Waals surface area (Å²) in [7, 11) is 1.64. The summed E-state index contributed by atoms with van der Waals surface area (Å²) in [4.78, 5) is 11.3. The van der Waals surface area contributed by atoms with E-state index in [4.69, 9.17) is 28.4 Å². The van der Waals surface area contributed by atoms with Gasteiger partial charge in [-0.3, -0.25) is 4.79 Å². The number of ether oxygens (including phenoxy) is 6. The predicted molar refractivity (Wildman–Crippen MR) is 89.2 cm³/mol. The summed E-state index contributed by atoms with van der Waals surface area (Å²) in [6.45, 7) is 9.02. The molecule has 0 aromatic carbocycles. The van der Waals surface area contributed by atoms with Crippen molar-refractivity contribution >= 4 is 5.91 Å². The molecule has 8 heteroatoms. The SMILES string of the molecule is COCCOCCOCCOCCOCCOCC(=O)NC(C)C. The molecule has 8 nitrogen and oxygen atoms in total. The van der Waals surface area contributed by atoms with Gasteiger partial charge in [0.15, 0.2) is 0 Å². The summed E-state index contributed by atoms with van der Waals surface area (Å²) in [5.41, 5.74) is 0. The van der Waals surface area contributed by atoms with Crippen LogP contribution in [0.2, 0.25) is 0 Å². The Kier molecular flexibility index (Phi) is 18.0. The zero-order valence-electron chi connectivity index (χ0n) is 15.2. The molecule has 0 radical (unpaired) electrons. The molecular weight excluding hydrogens is 318 g/mol. The molecule has 0 saturated carbocycles. The van der Waals surface area contributed by atoms with Crippen molar-refractivity contribution in [2.24, 2.45) is 0 Å². The summed E-state index contributed by atoms with van der Waals surface area (Å²) >= 11 is 0. The maximum absolute atomic E-state index is 11.3. The van der Waals surface area contributed by atoms with E-state index in [9.17, 15) is 4.79 Å². The average Bonchev–Trinajstić information content (AvgIpc) is 2.53. The smallest absolute Gasteiger partial charge is 0.246 e. The van der Waals surface area contributed by atoms with Crippen LogP contribution in [0.5, 0.6) is 0 Å². The molecule has 0 bridgehead atoms. The number of carbonyl (C=O) groups is 1. The summed E-state index contributed by atoms with van der Waals surface area (Å²) < 4.78 is 31.3. The van der Waals surface area contributed by atoms with E-state index in [0.717, 1.165) is 0 Å². The molecule has 0 aliphatic carbocycles. The lowest BCUT2D eigenvalue weighted by Crippen LogP contribution is -2.33. The van der Waals surface area contributed by atoms with Crippen molar-refractivity contribution in [3.8, 4) is 0 Å². The highest BCUT2D eigenvalue weighted by Crippen LogP contribution is 1.85. The molecule has 1 N–H and O–H groups in total. The zero-order chi connectivity index (χ0) is 17.9. The molecule has 0 heterocycles. The van der Waals surface area contributed by atoms with E-state index in [1.54, 1.807) is 7.11 Å². The van der Waals surface area contributed by atoms with Gasteiger partial charge in [0.1, 0.15) is 6.61 Å². The van der Waals surface area contributed by atoms with Gasteiger partial charge in [0.05, 0.1) is 66.1 Å². The maximum atomic E-state index is 11.3. The van der Waals surface area contributed by atoms with Crippen LogP contribution in [0.4, 0.5) is 0 Å². The Morgan fingerprint density at radius 1 is 0.708 bits per heavy atom. The highest BCUT2D eigenvalue weighted by Gasteiger charge is 2.02. The van der Waals surface area contributed by atoms with Crippen LogP contribution in [0.15, 0.2) is 0 Å². The highest BCUT2D eigenvalue weighted by molar-refractivity contribution is 5.77. The lowest BCUT2D eigenvalue weighted by molar-refractivity contribution is -0.126. The lowest BCUT2D eigenvalue weighted by Gasteiger charge is -2.09. The van der Waals surface area contributed by atoms with Crippen molar-refractivity contribution < 1.29 is 33.2 Å². The van der Waals surface area contributed by atoms with E-state index < -0.39 is 0 Å². The van der Waals surface area contributed by atoms with Gasteiger partial charge in [-0.1, -0.05) is 0 Å². The monoisotopic (exact) mass is 351 g/mol. The number of amides is 1. The first-order valence-electron chi connectivity index (χ1n) is 8.33. The normalized spacial score (nSPS) is 11.2. The molecule has 24 heavy (non-hydrogen) atoms. The molecule has 1 amide bonds. The molecule has 0 fully saturated rings. The van der Waals surface area contributed by atoms with Gasteiger partial charge in [-0.2, -0.15) is 0 Å². The van der Waals surface area contributed by atoms with Crippen molar-refractivity contribution in [3.05, 3.63) is 0 Å². The van der Waals surface area contributed by atoms with Crippen LogP contribution in [0.1, 0.15) is 13.8 Å². The third-order valence-corrected chi connectivity index (χ3v) is 2.60. The molecule has 0 atom stereocenters. The molecule has 0 aromatic rings. The quantitative estimate of drug-likeness (QED) is 0.354. The molecule has 144 valence electrons. The minimum atomic E-state index is -0.113. The van der Waals surface area contributed by atoms with Gasteiger partial charge in [-0.15, -0.1) is 0 Å². The number of nitrogens with one attached hydrogen (secondary N) is 1. The third kappa shape index (κ3) is 19.3. The first kappa shape index (κ1) is 23.2. The fraction of sp³-hybridized carbons (Fsp3) is 0.938. The lowest BCUT2D eigenvalue weighted by atomic mass is 10.4. The molecule has 0 saturated heterocycles. The number of rotatable bonds is 18. The second-order valence-electron chi connectivity index (χ2n) is 5.22. The molecular formula is C16H33NO7. The van der Waals surface area contributed by atoms with Crippen LogP contribution in [-0.2, 0) is 33.2 Å². The van der Waals surface area contributed by atoms with E-state index in [0.29, 0.717) is 66.1 Å². The van der Waals surface area contributed by atoms with Gasteiger partial charge in [-0.05, 0) is 13.8 Å². The molecule has 0 aliphatic heterocycles. The Morgan fingerprint density at radius 2 is 1.08 bits per heavy atom. The fourth-order valence-electron chi connectivity index (χ4n) is 1.55. The Balaban J connectivity index is 3.06. The standard InChI is InChI=1S/C16H33NO7/c1-15(2)17-16(18)14-24-13-12-23-11-10-22-9-8-21-7-6-20-5-4-19-3/h15H,4-14H2,1-3H3,(H,17,18). The van der Waals surface area contributed by atoms with Crippen LogP contribution in [0, 0.1) is 0 Å². The van der Waals surface area contributed by atoms with Gasteiger partial charge in [0.25, 0.3) is 0 Å². The van der Waals surface area contributed by atoms with Gasteiger partial charge in [0.2, 0.25) is 5.91 Å². The Bertz CT molecular complexity index is 277. The second kappa shape index (κ2) is 18.6. The molecule has 0 spiro atoms. The van der Waals surface area contributed by atoms with Gasteiger partial charge >= 0.3 is 0 Å². The van der Waals surface area contributed by atoms with Gasteiger partial charge < -0.3 is 33.7 Å². The Labute approximate surface area is 145 Å². The first-order chi connectivity index (χ1) is 11.7. The van der Waals surface area contributed by atoms with Crippen LogP contribution in [0.3, 0.4) is 0 Å². The van der Waals surface area contributed by atoms with Crippen molar-refractivity contribution in [1.82, 2.24) is 5.32 Å². The highest BCUT2D eigenvalue weighted by atomic mass is 16.6. The number of hydrogen-bond donors (Lipinski definition) is 1. The van der Waals surface area contributed by atoms with E-state index in [1.165, 1.54) is 0 Å². The topological polar surface area (TPSA) is 84.5 Å². The summed E-state index contributed by atoms with van der Waals surface area (Å²) in [5.74, 6) is -0.113. The fourth-order valence-corrected chi connectivity index (χ4v) is 1.55. The molecule has 0 unspecified atom stereocenters. The van der Waals surface area contributed by atoms with Crippen LogP contribution < -0.4 is 5.32 Å². The maximum Gasteiger partial charge on any atom is 0.246 e. The predicted octanol–water partition coefficient (Wildman–Crippen LogP) is 0.240. The van der Waals surface area contributed by atoms with Crippen molar-refractivity contribution in [2.75, 3.05) is 79.8 Å². The zero-order valence-corrected chi connectivity index (χ0v) is 15.2. The van der Waals surface area contributed by atoms with E-state index >= 15 is 0 Å². The minimum absolute atomic E-state index is 0.0601. The van der Waals surface area contributed by atoms with E-state index in [1.807, 2.05) is 13.8 Å². The number of methoxy groups -OCH3 is 1.